The molecule has 0 N–H and O–H groups in total. The molecule has 0 unspecified atom stereocenters. The number of hydrogen-bond acceptors (Lipinski definition) is 5. The van der Waals surface area contributed by atoms with Gasteiger partial charge in [-0.2, -0.15) is 21.6 Å². The van der Waals surface area contributed by atoms with Crippen molar-refractivity contribution in [2.75, 3.05) is 7.11 Å². The van der Waals surface area contributed by atoms with E-state index >= 15 is 0 Å². The van der Waals surface area contributed by atoms with Crippen LogP contribution in [0.3, 0.4) is 0 Å². The average molecular weight is 422 g/mol. The van der Waals surface area contributed by atoms with Gasteiger partial charge in [-0.15, -0.1) is 0 Å². The average Bonchev–Trinajstić information content (AvgIpc) is 3.10. The van der Waals surface area contributed by atoms with E-state index in [0.717, 1.165) is 16.6 Å². The second-order valence-electron chi connectivity index (χ2n) is 6.78. The quantitative estimate of drug-likeness (QED) is 0.284. The van der Waals surface area contributed by atoms with Crippen molar-refractivity contribution in [1.82, 2.24) is 9.38 Å². The molecular formula is C19H13F3N2O4S. The molecule has 2 aromatic heterocycles. The number of pyridine rings is 1. The Morgan fingerprint density at radius 1 is 1.03 bits per heavy atom. The number of ether oxygens (including phenoxy) is 1. The summed E-state index contributed by atoms with van der Waals surface area (Å²) in [6, 6.07) is 7.98. The van der Waals surface area contributed by atoms with Gasteiger partial charge in [0.1, 0.15) is 17.1 Å². The highest BCUT2D eigenvalue weighted by atomic mass is 32.2. The number of aryl methyl sites for hydroxylation is 2. The minimum absolute atomic E-state index is 0.371. The van der Waals surface area contributed by atoms with Crippen LogP contribution in [0.5, 0.6) is 11.5 Å². The van der Waals surface area contributed by atoms with E-state index in [4.69, 9.17) is 4.74 Å². The van der Waals surface area contributed by atoms with Crippen LogP contribution in [-0.4, -0.2) is 30.4 Å². The maximum Gasteiger partial charge on any atom is 0.534 e. The van der Waals surface area contributed by atoms with Gasteiger partial charge in [-0.25, -0.2) is 4.98 Å². The molecule has 4 aromatic rings. The number of benzene rings is 2. The Hall–Kier alpha value is -3.01. The molecular weight excluding hydrogens is 409 g/mol. The van der Waals surface area contributed by atoms with Crippen molar-refractivity contribution >= 4 is 37.4 Å². The molecule has 0 bridgehead atoms. The van der Waals surface area contributed by atoms with Gasteiger partial charge >= 0.3 is 15.6 Å². The number of methoxy groups -OCH3 is 1. The lowest BCUT2D eigenvalue weighted by Gasteiger charge is -2.20. The summed E-state index contributed by atoms with van der Waals surface area (Å²) in [5, 5.41) is 2.04. The number of imidazole rings is 1. The summed E-state index contributed by atoms with van der Waals surface area (Å²) >= 11 is 0. The van der Waals surface area contributed by atoms with Gasteiger partial charge in [0.15, 0.2) is 0 Å². The molecule has 0 amide bonds. The number of alkyl halides is 3. The third-order valence-electron chi connectivity index (χ3n) is 5.12. The Bertz CT molecular complexity index is 1420. The molecule has 0 radical (unpaired) electrons. The molecule has 0 saturated carbocycles. The Kier molecular flexibility index (Phi) is 3.58. The second kappa shape index (κ2) is 5.76. The molecule has 10 heteroatoms. The molecule has 2 aromatic carbocycles. The summed E-state index contributed by atoms with van der Waals surface area (Å²) < 4.78 is 73.1. The van der Waals surface area contributed by atoms with E-state index in [1.807, 2.05) is 4.40 Å². The van der Waals surface area contributed by atoms with Crippen LogP contribution in [0.4, 0.5) is 13.2 Å². The summed E-state index contributed by atoms with van der Waals surface area (Å²) in [4.78, 5) is 4.52. The Balaban J connectivity index is 1.87. The minimum atomic E-state index is -5.76. The molecule has 0 spiro atoms. The first-order valence-electron chi connectivity index (χ1n) is 8.63. The molecule has 0 saturated heterocycles. The van der Waals surface area contributed by atoms with Crippen molar-refractivity contribution in [1.29, 1.82) is 0 Å². The van der Waals surface area contributed by atoms with E-state index < -0.39 is 15.6 Å². The van der Waals surface area contributed by atoms with Gasteiger partial charge < -0.3 is 8.92 Å². The first-order chi connectivity index (χ1) is 13.7. The van der Waals surface area contributed by atoms with Gasteiger partial charge in [-0.3, -0.25) is 4.40 Å². The monoisotopic (exact) mass is 422 g/mol. The van der Waals surface area contributed by atoms with Crippen molar-refractivity contribution < 1.29 is 30.5 Å². The number of nitrogens with zero attached hydrogens (tertiary/aromatic N) is 2. The zero-order valence-electron chi connectivity index (χ0n) is 14.9. The van der Waals surface area contributed by atoms with Crippen LogP contribution in [0.1, 0.15) is 11.3 Å². The van der Waals surface area contributed by atoms with Crippen molar-refractivity contribution in [3.63, 3.8) is 0 Å². The molecule has 1 aliphatic heterocycles. The van der Waals surface area contributed by atoms with E-state index in [1.54, 1.807) is 24.4 Å². The SMILES string of the molecule is COc1ccc2c(c1)c1ncc3n1c1c(cc(OS(=O)(=O)C(F)(F)F)cc21)CC3. The first kappa shape index (κ1) is 18.0. The topological polar surface area (TPSA) is 69.9 Å². The predicted octanol–water partition coefficient (Wildman–Crippen LogP) is 3.98. The second-order valence-corrected chi connectivity index (χ2v) is 8.32. The van der Waals surface area contributed by atoms with E-state index in [1.165, 1.54) is 19.2 Å². The Labute approximate surface area is 162 Å². The van der Waals surface area contributed by atoms with Gasteiger partial charge in [0.25, 0.3) is 0 Å². The predicted molar refractivity (Wildman–Crippen MR) is 99.8 cm³/mol. The molecule has 6 nitrogen and oxygen atoms in total. The summed E-state index contributed by atoms with van der Waals surface area (Å²) in [5.41, 5.74) is -2.34. The summed E-state index contributed by atoms with van der Waals surface area (Å²) in [5.74, 6) is 0.234. The van der Waals surface area contributed by atoms with Crippen LogP contribution < -0.4 is 8.92 Å². The standard InChI is InChI=1S/C19H13F3N2O4S/c1-27-12-4-5-14-15-8-13(28-29(25,26)19(20,21)22)6-10-2-3-11-9-23-18(16(14)7-12)24(11)17(10)15/h4-9H,2-3H2,1H3. The van der Waals surface area contributed by atoms with E-state index in [2.05, 4.69) is 9.17 Å². The van der Waals surface area contributed by atoms with Crippen LogP contribution in [0.25, 0.3) is 27.3 Å². The maximum atomic E-state index is 12.8. The number of hydrogen-bond donors (Lipinski definition) is 0. The summed E-state index contributed by atoms with van der Waals surface area (Å²) in [6.45, 7) is 0. The van der Waals surface area contributed by atoms with Crippen molar-refractivity contribution in [3.05, 3.63) is 47.8 Å². The maximum absolute atomic E-state index is 12.8. The lowest BCUT2D eigenvalue weighted by molar-refractivity contribution is -0.0500. The largest absolute Gasteiger partial charge is 0.534 e. The highest BCUT2D eigenvalue weighted by Gasteiger charge is 2.48. The highest BCUT2D eigenvalue weighted by molar-refractivity contribution is 7.88. The molecule has 0 fully saturated rings. The molecule has 150 valence electrons. The number of halogens is 3. The fraction of sp³-hybridized carbons (Fsp3) is 0.211. The van der Waals surface area contributed by atoms with Gasteiger partial charge in [0.2, 0.25) is 0 Å². The molecule has 5 rings (SSSR count). The van der Waals surface area contributed by atoms with Crippen molar-refractivity contribution in [2.45, 2.75) is 18.3 Å². The zero-order valence-corrected chi connectivity index (χ0v) is 15.8. The number of aromatic nitrogens is 2. The summed E-state index contributed by atoms with van der Waals surface area (Å²) in [6.07, 6.45) is 2.92. The lowest BCUT2D eigenvalue weighted by atomic mass is 9.97. The van der Waals surface area contributed by atoms with Crippen LogP contribution >= 0.6 is 0 Å². The minimum Gasteiger partial charge on any atom is -0.497 e. The number of rotatable bonds is 3. The highest BCUT2D eigenvalue weighted by Crippen LogP contribution is 2.39. The molecule has 1 aliphatic rings. The normalized spacial score (nSPS) is 14.2. The van der Waals surface area contributed by atoms with Gasteiger partial charge in [-0.1, -0.05) is 0 Å². The summed E-state index contributed by atoms with van der Waals surface area (Å²) in [7, 11) is -4.23. The fourth-order valence-electron chi connectivity index (χ4n) is 3.88. The van der Waals surface area contributed by atoms with Gasteiger partial charge in [0.05, 0.1) is 12.6 Å². The zero-order chi connectivity index (χ0) is 20.6. The van der Waals surface area contributed by atoms with Crippen LogP contribution in [0.2, 0.25) is 0 Å². The third kappa shape index (κ3) is 2.55. The van der Waals surface area contributed by atoms with E-state index in [-0.39, 0.29) is 5.75 Å². The fourth-order valence-corrected chi connectivity index (χ4v) is 4.33. The van der Waals surface area contributed by atoms with Gasteiger partial charge in [-0.05, 0) is 54.1 Å². The number of fused-ring (bicyclic) bond motifs is 3. The van der Waals surface area contributed by atoms with Crippen molar-refractivity contribution in [2.24, 2.45) is 0 Å². The van der Waals surface area contributed by atoms with Crippen LogP contribution in [0.15, 0.2) is 36.5 Å². The molecule has 29 heavy (non-hydrogen) atoms. The molecule has 3 heterocycles. The Morgan fingerprint density at radius 2 is 1.79 bits per heavy atom. The van der Waals surface area contributed by atoms with Crippen LogP contribution in [-0.2, 0) is 23.0 Å². The van der Waals surface area contributed by atoms with Crippen LogP contribution in [0, 0.1) is 0 Å². The van der Waals surface area contributed by atoms with Crippen molar-refractivity contribution in [3.8, 4) is 11.5 Å². The molecule has 0 aliphatic carbocycles. The smallest absolute Gasteiger partial charge is 0.497 e. The van der Waals surface area contributed by atoms with Gasteiger partial charge in [0, 0.05) is 22.7 Å². The van der Waals surface area contributed by atoms with E-state index in [9.17, 15) is 21.6 Å². The lowest BCUT2D eigenvalue weighted by Crippen LogP contribution is -2.28. The molecule has 0 atom stereocenters. The Morgan fingerprint density at radius 3 is 2.52 bits per heavy atom. The first-order valence-corrected chi connectivity index (χ1v) is 10.0. The van der Waals surface area contributed by atoms with E-state index in [0.29, 0.717) is 40.6 Å². The third-order valence-corrected chi connectivity index (χ3v) is 6.10.